The van der Waals surface area contributed by atoms with E-state index in [9.17, 15) is 10.5 Å². The highest BCUT2D eigenvalue weighted by Gasteiger charge is 2.32. The summed E-state index contributed by atoms with van der Waals surface area (Å²) in [5, 5.41) is 32.2. The van der Waals surface area contributed by atoms with Gasteiger partial charge >= 0.3 is 0 Å². The summed E-state index contributed by atoms with van der Waals surface area (Å²) in [6, 6.07) is 102. The van der Waals surface area contributed by atoms with Crippen LogP contribution in [-0.2, 0) is 0 Å². The molecule has 2 aliphatic rings. The lowest BCUT2D eigenvalue weighted by atomic mass is 9.81. The molecule has 0 saturated heterocycles. The van der Waals surface area contributed by atoms with Crippen molar-refractivity contribution in [1.29, 1.82) is 10.5 Å². The normalized spacial score (nSPS) is 11.9. The predicted octanol–water partition coefficient (Wildman–Crippen LogP) is 20.2. The van der Waals surface area contributed by atoms with Gasteiger partial charge in [0.05, 0.1) is 23.3 Å². The molecular formula is C78H46N2. The Morgan fingerprint density at radius 2 is 0.675 bits per heavy atom. The van der Waals surface area contributed by atoms with Gasteiger partial charge in [-0.25, -0.2) is 0 Å². The molecule has 0 spiro atoms. The molecule has 0 atom stereocenters. The van der Waals surface area contributed by atoms with Gasteiger partial charge in [-0.15, -0.1) is 0 Å². The van der Waals surface area contributed by atoms with E-state index in [0.717, 1.165) is 33.0 Å². The number of fused-ring (bicyclic) bond motifs is 13. The smallest absolute Gasteiger partial charge is 0.0991 e. The van der Waals surface area contributed by atoms with Crippen LogP contribution in [0.3, 0.4) is 0 Å². The first-order valence-corrected chi connectivity index (χ1v) is 27.5. The summed E-state index contributed by atoms with van der Waals surface area (Å²) >= 11 is 0. The number of rotatable bonds is 8. The number of nitrogens with zero attached hydrogens (tertiary/aromatic N) is 2. The van der Waals surface area contributed by atoms with Crippen molar-refractivity contribution in [1.82, 2.24) is 0 Å². The van der Waals surface area contributed by atoms with E-state index in [2.05, 4.69) is 255 Å². The van der Waals surface area contributed by atoms with Crippen LogP contribution in [0.15, 0.2) is 267 Å². The van der Waals surface area contributed by atoms with E-state index in [4.69, 9.17) is 0 Å². The van der Waals surface area contributed by atoms with E-state index in [0.29, 0.717) is 11.1 Å². The van der Waals surface area contributed by atoms with Gasteiger partial charge < -0.3 is 0 Å². The average Bonchev–Trinajstić information content (AvgIpc) is 4.07. The molecule has 14 aromatic carbocycles. The number of hydrogen-bond donors (Lipinski definition) is 0. The molecule has 2 heteroatoms. The number of nitriles is 2. The molecule has 0 unspecified atom stereocenters. The molecule has 0 fully saturated rings. The Labute approximate surface area is 464 Å². The van der Waals surface area contributed by atoms with Crippen molar-refractivity contribution in [3.63, 3.8) is 0 Å². The molecule has 0 N–H and O–H groups in total. The standard InChI is InChI=1S/C78H46N2/c79-45-47-27-31-49(32-28-47)65-44-69-67(61-37-35-59-60(76(61)65)36-38-62-68-41-57(39-55-23-13-25-63(73(55)68)75(59)62)71(51-15-5-1-6-16-51)52-17-7-2-8-18-52)43-66(50-33-29-48(46-80)30-34-50)78-70-42-58(40-56-24-14-26-64(74(56)70)77(69)78)72(53-19-9-3-10-20-53)54-21-11-4-12-22-54/h1-44,71-72H. The van der Waals surface area contributed by atoms with Gasteiger partial charge in [-0.05, 0) is 203 Å². The number of hydrogen-bond acceptors (Lipinski definition) is 2. The zero-order valence-electron chi connectivity index (χ0n) is 43.5. The van der Waals surface area contributed by atoms with Crippen molar-refractivity contribution >= 4 is 53.9 Å². The van der Waals surface area contributed by atoms with Crippen LogP contribution in [0.4, 0.5) is 0 Å². The maximum Gasteiger partial charge on any atom is 0.0991 e. The Bertz CT molecular complexity index is 4890. The molecule has 0 aromatic heterocycles. The van der Waals surface area contributed by atoms with Crippen LogP contribution >= 0.6 is 0 Å². The summed E-state index contributed by atoms with van der Waals surface area (Å²) < 4.78 is 0. The topological polar surface area (TPSA) is 47.6 Å². The van der Waals surface area contributed by atoms with Crippen LogP contribution in [0.1, 0.15) is 56.3 Å². The second kappa shape index (κ2) is 18.0. The predicted molar refractivity (Wildman–Crippen MR) is 331 cm³/mol. The van der Waals surface area contributed by atoms with Gasteiger partial charge in [-0.1, -0.05) is 218 Å². The fourth-order valence-corrected chi connectivity index (χ4v) is 14.0. The minimum Gasteiger partial charge on any atom is -0.192 e. The highest BCUT2D eigenvalue weighted by atomic mass is 14.4. The van der Waals surface area contributed by atoms with Crippen LogP contribution in [0.5, 0.6) is 0 Å². The summed E-state index contributed by atoms with van der Waals surface area (Å²) in [5.74, 6) is 0.0740. The van der Waals surface area contributed by atoms with E-state index < -0.39 is 0 Å². The third-order valence-corrected chi connectivity index (χ3v) is 17.4. The van der Waals surface area contributed by atoms with Crippen molar-refractivity contribution in [2.75, 3.05) is 0 Å². The lowest BCUT2D eigenvalue weighted by Gasteiger charge is -2.21. The Balaban J connectivity index is 0.977. The Morgan fingerprint density at radius 1 is 0.237 bits per heavy atom. The molecule has 16 rings (SSSR count). The second-order valence-corrected chi connectivity index (χ2v) is 21.6. The van der Waals surface area contributed by atoms with E-state index in [1.54, 1.807) is 0 Å². The fraction of sp³-hybridized carbons (Fsp3) is 0.0256. The average molecular weight is 1010 g/mol. The summed E-state index contributed by atoms with van der Waals surface area (Å²) in [5.41, 5.74) is 23.0. The Kier molecular flexibility index (Phi) is 10.2. The third-order valence-electron chi connectivity index (χ3n) is 17.4. The lowest BCUT2D eigenvalue weighted by Crippen LogP contribution is -2.03. The van der Waals surface area contributed by atoms with E-state index in [1.807, 2.05) is 24.3 Å². The van der Waals surface area contributed by atoms with Gasteiger partial charge in [-0.2, -0.15) is 10.5 Å². The Hall–Kier alpha value is -10.6. The molecule has 0 saturated carbocycles. The van der Waals surface area contributed by atoms with Crippen LogP contribution in [-0.4, -0.2) is 0 Å². The van der Waals surface area contributed by atoms with Crippen molar-refractivity contribution < 1.29 is 0 Å². The highest BCUT2D eigenvalue weighted by Crippen LogP contribution is 2.58. The maximum atomic E-state index is 10.1. The molecule has 2 nitrogen and oxygen atoms in total. The Morgan fingerprint density at radius 3 is 1.20 bits per heavy atom. The molecule has 0 bridgehead atoms. The van der Waals surface area contributed by atoms with Gasteiger partial charge in [0.1, 0.15) is 0 Å². The zero-order valence-corrected chi connectivity index (χ0v) is 43.5. The second-order valence-electron chi connectivity index (χ2n) is 21.6. The lowest BCUT2D eigenvalue weighted by molar-refractivity contribution is 0.981. The molecule has 0 radical (unpaired) electrons. The monoisotopic (exact) mass is 1010 g/mol. The van der Waals surface area contributed by atoms with Gasteiger partial charge in [0.25, 0.3) is 0 Å². The number of benzene rings is 14. The van der Waals surface area contributed by atoms with Gasteiger partial charge in [0.2, 0.25) is 0 Å². The summed E-state index contributed by atoms with van der Waals surface area (Å²) in [6.45, 7) is 0. The van der Waals surface area contributed by atoms with Crippen molar-refractivity contribution in [3.8, 4) is 78.9 Å². The maximum absolute atomic E-state index is 10.1. The van der Waals surface area contributed by atoms with E-state index in [-0.39, 0.29) is 11.8 Å². The van der Waals surface area contributed by atoms with Crippen LogP contribution < -0.4 is 0 Å². The van der Waals surface area contributed by atoms with E-state index >= 15 is 0 Å². The largest absolute Gasteiger partial charge is 0.192 e. The quantitative estimate of drug-likeness (QED) is 0.112. The molecule has 14 aromatic rings. The molecule has 0 heterocycles. The summed E-state index contributed by atoms with van der Waals surface area (Å²) in [7, 11) is 0. The highest BCUT2D eigenvalue weighted by molar-refractivity contribution is 6.33. The van der Waals surface area contributed by atoms with Crippen LogP contribution in [0, 0.1) is 22.7 Å². The van der Waals surface area contributed by atoms with Crippen molar-refractivity contribution in [2.24, 2.45) is 0 Å². The first-order valence-electron chi connectivity index (χ1n) is 27.5. The molecule has 0 amide bonds. The first-order chi connectivity index (χ1) is 39.6. The molecule has 368 valence electrons. The van der Waals surface area contributed by atoms with Crippen LogP contribution in [0.25, 0.3) is 121 Å². The van der Waals surface area contributed by atoms with Gasteiger partial charge in [0.15, 0.2) is 0 Å². The van der Waals surface area contributed by atoms with Crippen molar-refractivity contribution in [3.05, 3.63) is 311 Å². The van der Waals surface area contributed by atoms with Crippen LogP contribution in [0.2, 0.25) is 0 Å². The zero-order chi connectivity index (χ0) is 53.0. The SMILES string of the molecule is N#Cc1ccc(-c2cc3c(cc(-c4ccc(C#N)cc4)c4c5ccc6c(c5ccc34)-c3cccc4cc(C(c5ccccc5)c5ccccc5)cc-6c34)c3c2-c2cc(C(c4ccccc4)c4ccccc4)cc4cccc-3c24)cc1. The van der Waals surface area contributed by atoms with Gasteiger partial charge in [-0.3, -0.25) is 0 Å². The molecular weight excluding hydrogens is 965 g/mol. The molecule has 2 aliphatic carbocycles. The summed E-state index contributed by atoms with van der Waals surface area (Å²) in [6.07, 6.45) is 0. The first kappa shape index (κ1) is 45.5. The third kappa shape index (κ3) is 6.90. The fourth-order valence-electron chi connectivity index (χ4n) is 14.0. The molecule has 80 heavy (non-hydrogen) atoms. The van der Waals surface area contributed by atoms with E-state index in [1.165, 1.54) is 121 Å². The van der Waals surface area contributed by atoms with Gasteiger partial charge in [0, 0.05) is 11.8 Å². The minimum absolute atomic E-state index is 0.00792. The minimum atomic E-state index is 0.00792. The summed E-state index contributed by atoms with van der Waals surface area (Å²) in [4.78, 5) is 0. The molecule has 0 aliphatic heterocycles. The van der Waals surface area contributed by atoms with Crippen molar-refractivity contribution in [2.45, 2.75) is 11.8 Å².